The smallest absolute Gasteiger partial charge is 0.238 e. The van der Waals surface area contributed by atoms with E-state index in [1.807, 2.05) is 0 Å². The summed E-state index contributed by atoms with van der Waals surface area (Å²) in [6, 6.07) is 0. The highest BCUT2D eigenvalue weighted by Crippen LogP contribution is 2.10. The molecule has 78 valence electrons. The summed E-state index contributed by atoms with van der Waals surface area (Å²) in [4.78, 5) is 6.57. The first-order valence-electron chi connectivity index (χ1n) is 5.05. The molecule has 0 atom stereocenters. The molecule has 5 heteroatoms. The number of hydrogen-bond donors (Lipinski definition) is 0. The molecule has 1 aliphatic rings. The van der Waals surface area contributed by atoms with E-state index >= 15 is 0 Å². The molecule has 0 bridgehead atoms. The maximum Gasteiger partial charge on any atom is 0.238 e. The van der Waals surface area contributed by atoms with Crippen LogP contribution in [0.4, 0.5) is 0 Å². The van der Waals surface area contributed by atoms with Gasteiger partial charge in [-0.25, -0.2) is 0 Å². The summed E-state index contributed by atoms with van der Waals surface area (Å²) < 4.78 is 5.57. The molecule has 1 fully saturated rings. The zero-order chi connectivity index (χ0) is 9.80. The van der Waals surface area contributed by atoms with E-state index in [0.29, 0.717) is 4.73 Å². The molecule has 1 aliphatic heterocycles. The van der Waals surface area contributed by atoms with Gasteiger partial charge in [0.25, 0.3) is 0 Å². The van der Waals surface area contributed by atoms with E-state index < -0.39 is 0 Å². The number of nitrogens with zero attached hydrogens (tertiary/aromatic N) is 3. The van der Waals surface area contributed by atoms with Crippen LogP contribution in [-0.2, 0) is 6.42 Å². The third kappa shape index (κ3) is 2.78. The zero-order valence-electron chi connectivity index (χ0n) is 8.08. The van der Waals surface area contributed by atoms with Gasteiger partial charge in [-0.05, 0) is 47.0 Å². The van der Waals surface area contributed by atoms with Crippen molar-refractivity contribution in [3.05, 3.63) is 10.6 Å². The van der Waals surface area contributed by atoms with Crippen molar-refractivity contribution in [1.82, 2.24) is 15.0 Å². The normalized spacial score (nSPS) is 18.6. The van der Waals surface area contributed by atoms with E-state index in [-0.39, 0.29) is 0 Å². The molecule has 1 aromatic heterocycles. The highest BCUT2D eigenvalue weighted by Gasteiger charge is 2.11. The van der Waals surface area contributed by atoms with Gasteiger partial charge < -0.3 is 9.42 Å². The second-order valence-electron chi connectivity index (χ2n) is 3.61. The van der Waals surface area contributed by atoms with Gasteiger partial charge in [0.05, 0.1) is 0 Å². The van der Waals surface area contributed by atoms with Crippen molar-refractivity contribution >= 4 is 15.9 Å². The van der Waals surface area contributed by atoms with Gasteiger partial charge in [-0.15, -0.1) is 0 Å². The number of hydrogen-bond acceptors (Lipinski definition) is 4. The number of rotatable bonds is 3. The first-order valence-corrected chi connectivity index (χ1v) is 5.84. The average Bonchev–Trinajstić information content (AvgIpc) is 2.63. The molecule has 2 rings (SSSR count). The molecule has 0 unspecified atom stereocenters. The molecular weight excluding hydrogens is 246 g/mol. The molecule has 0 radical (unpaired) electrons. The van der Waals surface area contributed by atoms with Crippen LogP contribution in [0, 0.1) is 0 Å². The Hall–Kier alpha value is -0.420. The summed E-state index contributed by atoms with van der Waals surface area (Å²) in [5.74, 6) is 0.724. The van der Waals surface area contributed by atoms with Crippen molar-refractivity contribution < 1.29 is 4.52 Å². The molecule has 0 aliphatic carbocycles. The van der Waals surface area contributed by atoms with Gasteiger partial charge in [0, 0.05) is 13.0 Å². The Morgan fingerprint density at radius 2 is 2.07 bits per heavy atom. The van der Waals surface area contributed by atoms with Crippen molar-refractivity contribution in [2.75, 3.05) is 19.6 Å². The SMILES string of the molecule is Brc1noc(CCN2CCCCC2)n1. The zero-order valence-corrected chi connectivity index (χ0v) is 9.66. The van der Waals surface area contributed by atoms with Gasteiger partial charge in [0.2, 0.25) is 10.6 Å². The van der Waals surface area contributed by atoms with E-state index in [9.17, 15) is 0 Å². The van der Waals surface area contributed by atoms with Gasteiger partial charge in [0.15, 0.2) is 0 Å². The fraction of sp³-hybridized carbons (Fsp3) is 0.778. The lowest BCUT2D eigenvalue weighted by Crippen LogP contribution is -2.31. The molecule has 0 aromatic carbocycles. The fourth-order valence-electron chi connectivity index (χ4n) is 1.77. The minimum atomic E-state index is 0.547. The summed E-state index contributed by atoms with van der Waals surface area (Å²) in [6.07, 6.45) is 4.89. The second-order valence-corrected chi connectivity index (χ2v) is 4.32. The van der Waals surface area contributed by atoms with E-state index in [1.54, 1.807) is 0 Å². The lowest BCUT2D eigenvalue weighted by Gasteiger charge is -2.25. The van der Waals surface area contributed by atoms with Crippen LogP contribution in [0.1, 0.15) is 25.2 Å². The topological polar surface area (TPSA) is 42.2 Å². The molecule has 1 saturated heterocycles. The Morgan fingerprint density at radius 3 is 2.71 bits per heavy atom. The molecular formula is C9H14BrN3O. The van der Waals surface area contributed by atoms with Gasteiger partial charge in [0.1, 0.15) is 0 Å². The Bertz CT molecular complexity index is 283. The van der Waals surface area contributed by atoms with Gasteiger partial charge in [-0.3, -0.25) is 0 Å². The maximum atomic E-state index is 5.02. The Labute approximate surface area is 91.8 Å². The van der Waals surface area contributed by atoms with Gasteiger partial charge in [-0.1, -0.05) is 6.42 Å². The van der Waals surface area contributed by atoms with Crippen molar-refractivity contribution in [3.63, 3.8) is 0 Å². The quantitative estimate of drug-likeness (QED) is 0.831. The lowest BCUT2D eigenvalue weighted by atomic mass is 10.1. The number of piperidine rings is 1. The van der Waals surface area contributed by atoms with Crippen molar-refractivity contribution in [3.8, 4) is 0 Å². The summed E-state index contributed by atoms with van der Waals surface area (Å²) in [5, 5.41) is 3.69. The lowest BCUT2D eigenvalue weighted by molar-refractivity contribution is 0.223. The molecule has 1 aromatic rings. The van der Waals surface area contributed by atoms with Crippen molar-refractivity contribution in [2.24, 2.45) is 0 Å². The Kier molecular flexibility index (Phi) is 3.53. The third-order valence-corrected chi connectivity index (χ3v) is 2.86. The fourth-order valence-corrected chi connectivity index (χ4v) is 2.04. The largest absolute Gasteiger partial charge is 0.338 e. The highest BCUT2D eigenvalue weighted by atomic mass is 79.9. The van der Waals surface area contributed by atoms with Gasteiger partial charge in [-0.2, -0.15) is 4.98 Å². The third-order valence-electron chi connectivity index (χ3n) is 2.53. The number of likely N-dealkylation sites (tertiary alicyclic amines) is 1. The first kappa shape index (κ1) is 10.1. The highest BCUT2D eigenvalue weighted by molar-refractivity contribution is 9.10. The van der Waals surface area contributed by atoms with Crippen LogP contribution in [-0.4, -0.2) is 34.7 Å². The molecule has 0 spiro atoms. The monoisotopic (exact) mass is 259 g/mol. The first-order chi connectivity index (χ1) is 6.84. The molecule has 0 saturated carbocycles. The maximum absolute atomic E-state index is 5.02. The van der Waals surface area contributed by atoms with Crippen LogP contribution in [0.15, 0.2) is 9.26 Å². The predicted molar refractivity (Wildman–Crippen MR) is 56.0 cm³/mol. The Morgan fingerprint density at radius 1 is 1.29 bits per heavy atom. The number of aromatic nitrogens is 2. The van der Waals surface area contributed by atoms with Crippen LogP contribution >= 0.6 is 15.9 Å². The van der Waals surface area contributed by atoms with Crippen LogP contribution < -0.4 is 0 Å². The minimum absolute atomic E-state index is 0.547. The summed E-state index contributed by atoms with van der Waals surface area (Å²) in [5.41, 5.74) is 0. The standard InChI is InChI=1S/C9H14BrN3O/c10-9-11-8(14-12-9)4-7-13-5-2-1-3-6-13/h1-7H2. The van der Waals surface area contributed by atoms with Crippen molar-refractivity contribution in [1.29, 1.82) is 0 Å². The van der Waals surface area contributed by atoms with E-state index in [4.69, 9.17) is 4.52 Å². The summed E-state index contributed by atoms with van der Waals surface area (Å²) in [7, 11) is 0. The molecule has 4 nitrogen and oxygen atoms in total. The van der Waals surface area contributed by atoms with E-state index in [1.165, 1.54) is 32.4 Å². The van der Waals surface area contributed by atoms with E-state index in [0.717, 1.165) is 18.9 Å². The van der Waals surface area contributed by atoms with Crippen LogP contribution in [0.3, 0.4) is 0 Å². The van der Waals surface area contributed by atoms with Gasteiger partial charge >= 0.3 is 0 Å². The molecule has 2 heterocycles. The Balaban J connectivity index is 1.76. The average molecular weight is 260 g/mol. The second kappa shape index (κ2) is 4.89. The van der Waals surface area contributed by atoms with Crippen LogP contribution in [0.25, 0.3) is 0 Å². The summed E-state index contributed by atoms with van der Waals surface area (Å²) in [6.45, 7) is 3.47. The van der Waals surface area contributed by atoms with E-state index in [2.05, 4.69) is 31.0 Å². The molecule has 0 N–H and O–H groups in total. The predicted octanol–water partition coefficient (Wildman–Crippen LogP) is 1.86. The molecule has 14 heavy (non-hydrogen) atoms. The van der Waals surface area contributed by atoms with Crippen LogP contribution in [0.2, 0.25) is 0 Å². The molecule has 0 amide bonds. The minimum Gasteiger partial charge on any atom is -0.338 e. The van der Waals surface area contributed by atoms with Crippen molar-refractivity contribution in [2.45, 2.75) is 25.7 Å². The number of halogens is 1. The summed E-state index contributed by atoms with van der Waals surface area (Å²) >= 11 is 3.17. The van der Waals surface area contributed by atoms with Crippen LogP contribution in [0.5, 0.6) is 0 Å².